The minimum absolute atomic E-state index is 0.219. The third kappa shape index (κ3) is 5.07. The molecule has 1 amide bonds. The van der Waals surface area contributed by atoms with Gasteiger partial charge in [0.1, 0.15) is 0 Å². The molecule has 0 spiro atoms. The summed E-state index contributed by atoms with van der Waals surface area (Å²) in [5.41, 5.74) is 0.451. The molecule has 100 valence electrons. The molecule has 0 saturated heterocycles. The summed E-state index contributed by atoms with van der Waals surface area (Å²) in [6.07, 6.45) is 5.14. The standard InChI is InChI=1S/C14H28N2O/c1-11-10-14(2,3)8-7-12(11)16-13(17)6-5-9-15-4/h11-12,15H,5-10H2,1-4H3,(H,16,17). The zero-order valence-corrected chi connectivity index (χ0v) is 11.8. The van der Waals surface area contributed by atoms with Gasteiger partial charge in [0, 0.05) is 12.5 Å². The van der Waals surface area contributed by atoms with Crippen LogP contribution in [0, 0.1) is 11.3 Å². The van der Waals surface area contributed by atoms with Crippen molar-refractivity contribution in [3.63, 3.8) is 0 Å². The molecule has 0 heterocycles. The summed E-state index contributed by atoms with van der Waals surface area (Å²) in [4.78, 5) is 11.8. The maximum absolute atomic E-state index is 11.8. The van der Waals surface area contributed by atoms with Gasteiger partial charge in [0.2, 0.25) is 5.91 Å². The summed E-state index contributed by atoms with van der Waals surface area (Å²) in [6.45, 7) is 7.84. The van der Waals surface area contributed by atoms with Gasteiger partial charge in [-0.3, -0.25) is 4.79 Å². The first-order valence-electron chi connectivity index (χ1n) is 6.88. The van der Waals surface area contributed by atoms with Crippen molar-refractivity contribution in [3.8, 4) is 0 Å². The van der Waals surface area contributed by atoms with Gasteiger partial charge < -0.3 is 10.6 Å². The molecule has 1 rings (SSSR count). The van der Waals surface area contributed by atoms with Gasteiger partial charge in [-0.25, -0.2) is 0 Å². The Morgan fingerprint density at radius 2 is 2.12 bits per heavy atom. The van der Waals surface area contributed by atoms with Crippen molar-refractivity contribution in [2.24, 2.45) is 11.3 Å². The first kappa shape index (κ1) is 14.5. The van der Waals surface area contributed by atoms with Crippen LogP contribution < -0.4 is 10.6 Å². The molecule has 0 aromatic carbocycles. The highest BCUT2D eigenvalue weighted by Gasteiger charge is 2.32. The molecule has 3 nitrogen and oxygen atoms in total. The minimum Gasteiger partial charge on any atom is -0.353 e. The normalized spacial score (nSPS) is 27.8. The lowest BCUT2D eigenvalue weighted by Crippen LogP contribution is -2.44. The van der Waals surface area contributed by atoms with Gasteiger partial charge in [-0.05, 0) is 50.6 Å². The summed E-state index contributed by atoms with van der Waals surface area (Å²) in [7, 11) is 1.92. The van der Waals surface area contributed by atoms with E-state index in [1.54, 1.807) is 0 Å². The van der Waals surface area contributed by atoms with Crippen LogP contribution in [0.2, 0.25) is 0 Å². The second-order valence-corrected chi connectivity index (χ2v) is 6.27. The number of rotatable bonds is 5. The number of hydrogen-bond donors (Lipinski definition) is 2. The van der Waals surface area contributed by atoms with E-state index in [0.29, 0.717) is 23.8 Å². The zero-order valence-electron chi connectivity index (χ0n) is 11.8. The van der Waals surface area contributed by atoms with Gasteiger partial charge in [0.15, 0.2) is 0 Å². The van der Waals surface area contributed by atoms with Gasteiger partial charge in [-0.1, -0.05) is 20.8 Å². The first-order valence-corrected chi connectivity index (χ1v) is 6.88. The molecule has 17 heavy (non-hydrogen) atoms. The number of amides is 1. The molecule has 1 aliphatic rings. The van der Waals surface area contributed by atoms with Crippen LogP contribution in [0.25, 0.3) is 0 Å². The average Bonchev–Trinajstić information content (AvgIpc) is 2.22. The molecule has 2 unspecified atom stereocenters. The van der Waals surface area contributed by atoms with Crippen LogP contribution in [0.5, 0.6) is 0 Å². The van der Waals surface area contributed by atoms with Crippen LogP contribution in [0.15, 0.2) is 0 Å². The zero-order chi connectivity index (χ0) is 12.9. The smallest absolute Gasteiger partial charge is 0.220 e. The second-order valence-electron chi connectivity index (χ2n) is 6.27. The van der Waals surface area contributed by atoms with E-state index in [0.717, 1.165) is 19.4 Å². The fraction of sp³-hybridized carbons (Fsp3) is 0.929. The fourth-order valence-electron chi connectivity index (χ4n) is 2.87. The van der Waals surface area contributed by atoms with Crippen molar-refractivity contribution < 1.29 is 4.79 Å². The van der Waals surface area contributed by atoms with Crippen molar-refractivity contribution in [1.29, 1.82) is 0 Å². The first-order chi connectivity index (χ1) is 7.94. The van der Waals surface area contributed by atoms with Crippen LogP contribution in [-0.4, -0.2) is 25.5 Å². The second kappa shape index (κ2) is 6.39. The van der Waals surface area contributed by atoms with E-state index in [1.165, 1.54) is 12.8 Å². The van der Waals surface area contributed by atoms with E-state index in [4.69, 9.17) is 0 Å². The van der Waals surface area contributed by atoms with Crippen LogP contribution in [-0.2, 0) is 4.79 Å². The molecule has 0 radical (unpaired) electrons. The van der Waals surface area contributed by atoms with Gasteiger partial charge in [-0.15, -0.1) is 0 Å². The lowest BCUT2D eigenvalue weighted by atomic mass is 9.70. The molecule has 1 fully saturated rings. The van der Waals surface area contributed by atoms with Gasteiger partial charge in [0.25, 0.3) is 0 Å². The van der Waals surface area contributed by atoms with Crippen molar-refractivity contribution in [2.75, 3.05) is 13.6 Å². The number of hydrogen-bond acceptors (Lipinski definition) is 2. The van der Waals surface area contributed by atoms with Gasteiger partial charge >= 0.3 is 0 Å². The van der Waals surface area contributed by atoms with Crippen molar-refractivity contribution in [3.05, 3.63) is 0 Å². The summed E-state index contributed by atoms with van der Waals surface area (Å²) in [5, 5.41) is 6.26. The van der Waals surface area contributed by atoms with Crippen molar-refractivity contribution in [1.82, 2.24) is 10.6 Å². The molecule has 0 aromatic rings. The average molecular weight is 240 g/mol. The maximum Gasteiger partial charge on any atom is 0.220 e. The lowest BCUT2D eigenvalue weighted by Gasteiger charge is -2.39. The quantitative estimate of drug-likeness (QED) is 0.724. The predicted octanol–water partition coefficient (Wildman–Crippen LogP) is 2.32. The van der Waals surface area contributed by atoms with Gasteiger partial charge in [-0.2, -0.15) is 0 Å². The number of carbonyl (C=O) groups excluding carboxylic acids is 1. The highest BCUT2D eigenvalue weighted by atomic mass is 16.1. The fourth-order valence-corrected chi connectivity index (χ4v) is 2.87. The van der Waals surface area contributed by atoms with E-state index in [1.807, 2.05) is 7.05 Å². The molecule has 0 aromatic heterocycles. The molecule has 2 N–H and O–H groups in total. The highest BCUT2D eigenvalue weighted by Crippen LogP contribution is 2.38. The molecule has 1 aliphatic carbocycles. The number of nitrogens with one attached hydrogen (secondary N) is 2. The third-order valence-corrected chi connectivity index (χ3v) is 3.87. The van der Waals surface area contributed by atoms with Crippen molar-refractivity contribution in [2.45, 2.75) is 58.9 Å². The number of carbonyl (C=O) groups is 1. The SMILES string of the molecule is CNCCCC(=O)NC1CCC(C)(C)CC1C. The van der Waals surface area contributed by atoms with E-state index in [2.05, 4.69) is 31.4 Å². The molecular weight excluding hydrogens is 212 g/mol. The Kier molecular flexibility index (Phi) is 5.44. The van der Waals surface area contributed by atoms with Crippen molar-refractivity contribution >= 4 is 5.91 Å². The molecule has 0 aliphatic heterocycles. The minimum atomic E-state index is 0.219. The molecule has 0 bridgehead atoms. The van der Waals surface area contributed by atoms with Gasteiger partial charge in [0.05, 0.1) is 0 Å². The topological polar surface area (TPSA) is 41.1 Å². The predicted molar refractivity (Wildman–Crippen MR) is 71.9 cm³/mol. The molecule has 3 heteroatoms. The Labute approximate surface area is 106 Å². The molecule has 2 atom stereocenters. The highest BCUT2D eigenvalue weighted by molar-refractivity contribution is 5.76. The Morgan fingerprint density at radius 1 is 1.41 bits per heavy atom. The summed E-state index contributed by atoms with van der Waals surface area (Å²) < 4.78 is 0. The van der Waals surface area contributed by atoms with E-state index >= 15 is 0 Å². The molecule has 1 saturated carbocycles. The Bertz CT molecular complexity index is 251. The Morgan fingerprint density at radius 3 is 2.71 bits per heavy atom. The summed E-state index contributed by atoms with van der Waals surface area (Å²) in [6, 6.07) is 0.394. The van der Waals surface area contributed by atoms with E-state index < -0.39 is 0 Å². The summed E-state index contributed by atoms with van der Waals surface area (Å²) in [5.74, 6) is 0.823. The Balaban J connectivity index is 2.29. The maximum atomic E-state index is 11.8. The van der Waals surface area contributed by atoms with Crippen LogP contribution in [0.3, 0.4) is 0 Å². The van der Waals surface area contributed by atoms with E-state index in [9.17, 15) is 4.79 Å². The van der Waals surface area contributed by atoms with Crippen LogP contribution in [0.1, 0.15) is 52.9 Å². The molecular formula is C14H28N2O. The lowest BCUT2D eigenvalue weighted by molar-refractivity contribution is -0.122. The largest absolute Gasteiger partial charge is 0.353 e. The van der Waals surface area contributed by atoms with E-state index in [-0.39, 0.29) is 5.91 Å². The van der Waals surface area contributed by atoms with Crippen LogP contribution >= 0.6 is 0 Å². The Hall–Kier alpha value is -0.570. The monoisotopic (exact) mass is 240 g/mol. The van der Waals surface area contributed by atoms with Crippen LogP contribution in [0.4, 0.5) is 0 Å². The summed E-state index contributed by atoms with van der Waals surface area (Å²) >= 11 is 0. The third-order valence-electron chi connectivity index (χ3n) is 3.87.